The van der Waals surface area contributed by atoms with Crippen LogP contribution in [-0.4, -0.2) is 54.5 Å². The maximum Gasteiger partial charge on any atom is 0.288 e. The number of amides is 2. The number of alkyl halides is 2. The highest BCUT2D eigenvalue weighted by Gasteiger charge is 2.34. The molecule has 7 nitrogen and oxygen atoms in total. The SMILES string of the molecule is O=C1c2ccccc2C(=O)N1CCCCSc1nnc(-c2cccnc2)n1-c1ccc(SC(F)F)cc1. The molecule has 4 aromatic rings. The normalized spacial score (nSPS) is 13.0. The van der Waals surface area contributed by atoms with Crippen molar-refractivity contribution in [3.63, 3.8) is 0 Å². The highest BCUT2D eigenvalue weighted by Crippen LogP contribution is 2.31. The number of thioether (sulfide) groups is 2. The molecule has 0 atom stereocenters. The number of hydrogen-bond donors (Lipinski definition) is 0. The fourth-order valence-electron chi connectivity index (χ4n) is 4.03. The average Bonchev–Trinajstić information content (AvgIpc) is 3.44. The number of rotatable bonds is 10. The van der Waals surface area contributed by atoms with Gasteiger partial charge in [0.2, 0.25) is 0 Å². The Hall–Kier alpha value is -3.57. The van der Waals surface area contributed by atoms with E-state index in [1.807, 2.05) is 16.7 Å². The van der Waals surface area contributed by atoms with E-state index in [9.17, 15) is 18.4 Å². The van der Waals surface area contributed by atoms with Crippen molar-refractivity contribution in [2.75, 3.05) is 12.3 Å². The van der Waals surface area contributed by atoms with Crippen LogP contribution in [0, 0.1) is 0 Å². The molecular formula is C26H21F2N5O2S2. The molecule has 2 amide bonds. The Morgan fingerprint density at radius 3 is 2.24 bits per heavy atom. The third-order valence-corrected chi connectivity index (χ3v) is 7.50. The van der Waals surface area contributed by atoms with Crippen LogP contribution >= 0.6 is 23.5 Å². The van der Waals surface area contributed by atoms with Crippen LogP contribution in [0.15, 0.2) is 83.1 Å². The van der Waals surface area contributed by atoms with Gasteiger partial charge in [-0.1, -0.05) is 35.7 Å². The van der Waals surface area contributed by atoms with Crippen LogP contribution in [0.3, 0.4) is 0 Å². The Kier molecular flexibility index (Phi) is 7.61. The zero-order chi connectivity index (χ0) is 25.8. The summed E-state index contributed by atoms with van der Waals surface area (Å²) in [6.45, 7) is 0.351. The lowest BCUT2D eigenvalue weighted by atomic mass is 10.1. The standard InChI is InChI=1S/C26H21F2N5O2S2/c27-25(28)37-19-11-9-18(10-12-19)33-22(17-6-5-13-29-16-17)30-31-26(33)36-15-4-3-14-32-23(34)20-7-1-2-8-21(20)24(32)35/h1-2,5-13,16,25H,3-4,14-15H2. The van der Waals surface area contributed by atoms with Crippen molar-refractivity contribution in [3.05, 3.63) is 84.2 Å². The van der Waals surface area contributed by atoms with Crippen LogP contribution in [0.25, 0.3) is 17.1 Å². The van der Waals surface area contributed by atoms with Crippen LogP contribution in [0.4, 0.5) is 8.78 Å². The van der Waals surface area contributed by atoms with E-state index in [0.717, 1.165) is 17.7 Å². The number of benzene rings is 2. The summed E-state index contributed by atoms with van der Waals surface area (Å²) < 4.78 is 27.4. The Morgan fingerprint density at radius 1 is 0.865 bits per heavy atom. The van der Waals surface area contributed by atoms with Gasteiger partial charge in [-0.25, -0.2) is 0 Å². The lowest BCUT2D eigenvalue weighted by molar-refractivity contribution is 0.0652. The molecule has 1 aliphatic rings. The van der Waals surface area contributed by atoms with Gasteiger partial charge < -0.3 is 0 Å². The van der Waals surface area contributed by atoms with Gasteiger partial charge in [0, 0.05) is 40.8 Å². The number of hydrogen-bond acceptors (Lipinski definition) is 7. The Morgan fingerprint density at radius 2 is 1.59 bits per heavy atom. The molecule has 0 fully saturated rings. The number of pyridine rings is 1. The molecule has 0 unspecified atom stereocenters. The molecule has 5 rings (SSSR count). The van der Waals surface area contributed by atoms with Gasteiger partial charge in [0.25, 0.3) is 17.6 Å². The van der Waals surface area contributed by atoms with E-state index in [-0.39, 0.29) is 11.8 Å². The smallest absolute Gasteiger partial charge is 0.274 e. The van der Waals surface area contributed by atoms with Crippen LogP contribution in [0.2, 0.25) is 0 Å². The van der Waals surface area contributed by atoms with Gasteiger partial charge in [0.1, 0.15) is 0 Å². The highest BCUT2D eigenvalue weighted by atomic mass is 32.2. The van der Waals surface area contributed by atoms with Crippen LogP contribution < -0.4 is 0 Å². The zero-order valence-electron chi connectivity index (χ0n) is 19.5. The van der Waals surface area contributed by atoms with E-state index in [1.54, 1.807) is 60.9 Å². The summed E-state index contributed by atoms with van der Waals surface area (Å²) in [5, 5.41) is 9.39. The summed E-state index contributed by atoms with van der Waals surface area (Å²) in [5.74, 6) is -1.70. The van der Waals surface area contributed by atoms with Gasteiger partial charge in [-0.05, 0) is 61.4 Å². The maximum atomic E-state index is 12.7. The molecule has 0 N–H and O–H groups in total. The van der Waals surface area contributed by atoms with E-state index in [1.165, 1.54) is 16.7 Å². The average molecular weight is 538 g/mol. The van der Waals surface area contributed by atoms with E-state index < -0.39 is 5.76 Å². The minimum atomic E-state index is -2.49. The van der Waals surface area contributed by atoms with Crippen LogP contribution in [-0.2, 0) is 0 Å². The fourth-order valence-corrected chi connectivity index (χ4v) is 5.48. The molecule has 3 heterocycles. The summed E-state index contributed by atoms with van der Waals surface area (Å²) in [5.41, 5.74) is 2.43. The number of halogens is 2. The summed E-state index contributed by atoms with van der Waals surface area (Å²) in [6, 6.07) is 17.4. The van der Waals surface area contributed by atoms with Crippen molar-refractivity contribution in [2.45, 2.75) is 28.7 Å². The van der Waals surface area contributed by atoms with Gasteiger partial charge in [0.15, 0.2) is 11.0 Å². The topological polar surface area (TPSA) is 81.0 Å². The Balaban J connectivity index is 1.26. The van der Waals surface area contributed by atoms with Crippen molar-refractivity contribution in [1.82, 2.24) is 24.6 Å². The molecule has 0 saturated carbocycles. The molecule has 2 aromatic heterocycles. The first kappa shape index (κ1) is 25.1. The Labute approximate surface area is 220 Å². The molecule has 0 aliphatic carbocycles. The van der Waals surface area contributed by atoms with Crippen molar-refractivity contribution in [2.24, 2.45) is 0 Å². The molecule has 2 aromatic carbocycles. The monoisotopic (exact) mass is 537 g/mol. The zero-order valence-corrected chi connectivity index (χ0v) is 21.1. The molecule has 188 valence electrons. The lowest BCUT2D eigenvalue weighted by Crippen LogP contribution is -2.30. The van der Waals surface area contributed by atoms with Crippen molar-refractivity contribution >= 4 is 35.3 Å². The third kappa shape index (κ3) is 5.42. The van der Waals surface area contributed by atoms with E-state index in [2.05, 4.69) is 15.2 Å². The predicted molar refractivity (Wildman–Crippen MR) is 138 cm³/mol. The summed E-state index contributed by atoms with van der Waals surface area (Å²) in [4.78, 5) is 31.0. The van der Waals surface area contributed by atoms with Crippen molar-refractivity contribution in [3.8, 4) is 17.1 Å². The van der Waals surface area contributed by atoms with Crippen LogP contribution in [0.1, 0.15) is 33.6 Å². The number of carbonyl (C=O) groups is 2. The second kappa shape index (κ2) is 11.2. The molecule has 11 heteroatoms. The number of imide groups is 1. The number of aromatic nitrogens is 4. The minimum absolute atomic E-state index is 0.248. The summed E-state index contributed by atoms with van der Waals surface area (Å²) >= 11 is 1.99. The molecule has 0 saturated heterocycles. The van der Waals surface area contributed by atoms with Gasteiger partial charge in [-0.3, -0.25) is 24.0 Å². The molecule has 0 spiro atoms. The van der Waals surface area contributed by atoms with E-state index in [0.29, 0.717) is 57.5 Å². The minimum Gasteiger partial charge on any atom is -0.274 e. The summed E-state index contributed by atoms with van der Waals surface area (Å²) in [7, 11) is 0. The molecule has 1 aliphatic heterocycles. The highest BCUT2D eigenvalue weighted by molar-refractivity contribution is 7.99. The number of fused-ring (bicyclic) bond motifs is 1. The quantitative estimate of drug-likeness (QED) is 0.143. The van der Waals surface area contributed by atoms with Crippen molar-refractivity contribution < 1.29 is 18.4 Å². The second-order valence-electron chi connectivity index (χ2n) is 8.12. The Bertz CT molecular complexity index is 1380. The molecule has 0 bridgehead atoms. The third-order valence-electron chi connectivity index (χ3n) is 5.76. The molecule has 0 radical (unpaired) electrons. The largest absolute Gasteiger partial charge is 0.288 e. The predicted octanol–water partition coefficient (Wildman–Crippen LogP) is 5.81. The summed E-state index contributed by atoms with van der Waals surface area (Å²) in [6.07, 6.45) is 4.77. The molecular weight excluding hydrogens is 516 g/mol. The fraction of sp³-hybridized carbons (Fsp3) is 0.192. The number of nitrogens with zero attached hydrogens (tertiary/aromatic N) is 5. The lowest BCUT2D eigenvalue weighted by Gasteiger charge is -2.13. The second-order valence-corrected chi connectivity index (χ2v) is 10.2. The van der Waals surface area contributed by atoms with Crippen molar-refractivity contribution in [1.29, 1.82) is 0 Å². The number of carbonyl (C=O) groups excluding carboxylic acids is 2. The van der Waals surface area contributed by atoms with Crippen LogP contribution in [0.5, 0.6) is 0 Å². The van der Waals surface area contributed by atoms with E-state index >= 15 is 0 Å². The van der Waals surface area contributed by atoms with Gasteiger partial charge in [0.05, 0.1) is 11.1 Å². The van der Waals surface area contributed by atoms with Gasteiger partial charge in [-0.2, -0.15) is 8.78 Å². The van der Waals surface area contributed by atoms with Gasteiger partial charge in [-0.15, -0.1) is 10.2 Å². The van der Waals surface area contributed by atoms with Gasteiger partial charge >= 0.3 is 0 Å². The first-order valence-corrected chi connectivity index (χ1v) is 13.4. The molecule has 37 heavy (non-hydrogen) atoms. The number of unbranched alkanes of at least 4 members (excludes halogenated alkanes) is 1. The van der Waals surface area contributed by atoms with E-state index in [4.69, 9.17) is 0 Å². The first-order chi connectivity index (χ1) is 18.0. The first-order valence-electron chi connectivity index (χ1n) is 11.5. The maximum absolute atomic E-state index is 12.7.